The lowest BCUT2D eigenvalue weighted by Gasteiger charge is -2.29. The second kappa shape index (κ2) is 3.59. The lowest BCUT2D eigenvalue weighted by Crippen LogP contribution is -2.23. The molecule has 0 unspecified atom stereocenters. The average Bonchev–Trinajstić information content (AvgIpc) is 2.55. The third-order valence-electron chi connectivity index (χ3n) is 2.57. The number of fused-ring (bicyclic) bond motifs is 1. The fraction of sp³-hybridized carbons (Fsp3) is 0.125. The quantitative estimate of drug-likeness (QED) is 0.583. The van der Waals surface area contributed by atoms with E-state index in [4.69, 9.17) is 0 Å². The molecule has 0 aromatic carbocycles. The topological polar surface area (TPSA) is 128 Å². The first kappa shape index (κ1) is 12.6. The molecular formula is C8H9NO6P2. The molecule has 9 heteroatoms. The molecule has 7 nitrogen and oxygen atoms in total. The van der Waals surface area contributed by atoms with Crippen LogP contribution in [0.25, 0.3) is 6.08 Å². The number of aromatic nitrogens is 1. The van der Waals surface area contributed by atoms with Gasteiger partial charge in [0.15, 0.2) is 0 Å². The zero-order valence-corrected chi connectivity index (χ0v) is 10.1. The second-order valence-electron chi connectivity index (χ2n) is 3.59. The Morgan fingerprint density at radius 3 is 2.24 bits per heavy atom. The first-order chi connectivity index (χ1) is 7.70. The highest BCUT2D eigenvalue weighted by molar-refractivity contribution is 7.72. The van der Waals surface area contributed by atoms with E-state index in [9.17, 15) is 28.7 Å². The van der Waals surface area contributed by atoms with Gasteiger partial charge in [-0.15, -0.1) is 0 Å². The maximum Gasteiger partial charge on any atom is 0.353 e. The van der Waals surface area contributed by atoms with Crippen LogP contribution in [0.5, 0.6) is 0 Å². The summed E-state index contributed by atoms with van der Waals surface area (Å²) in [6, 6.07) is 2.99. The van der Waals surface area contributed by atoms with Gasteiger partial charge in [0, 0.05) is 6.20 Å². The number of pyridine rings is 1. The van der Waals surface area contributed by atoms with Crippen molar-refractivity contribution in [1.82, 2.24) is 4.98 Å². The molecule has 0 atom stereocenters. The highest BCUT2D eigenvalue weighted by Crippen LogP contribution is 2.76. The Balaban J connectivity index is 2.83. The lowest BCUT2D eigenvalue weighted by molar-refractivity contribution is 0.322. The third kappa shape index (κ3) is 1.64. The van der Waals surface area contributed by atoms with Crippen LogP contribution < -0.4 is 0 Å². The van der Waals surface area contributed by atoms with E-state index in [1.807, 2.05) is 0 Å². The van der Waals surface area contributed by atoms with Gasteiger partial charge in [-0.1, -0.05) is 12.1 Å². The zero-order chi connectivity index (χ0) is 12.9. The normalized spacial score (nSPS) is 18.1. The van der Waals surface area contributed by atoms with E-state index in [0.29, 0.717) is 5.56 Å². The van der Waals surface area contributed by atoms with Crippen LogP contribution in [-0.2, 0) is 14.0 Å². The van der Waals surface area contributed by atoms with Gasteiger partial charge in [0.05, 0.1) is 5.69 Å². The minimum atomic E-state index is -5.11. The van der Waals surface area contributed by atoms with Gasteiger partial charge in [-0.05, 0) is 17.7 Å². The summed E-state index contributed by atoms with van der Waals surface area (Å²) < 4.78 is 23.0. The summed E-state index contributed by atoms with van der Waals surface area (Å²) in [6.45, 7) is 0. The molecule has 17 heavy (non-hydrogen) atoms. The lowest BCUT2D eigenvalue weighted by atomic mass is 10.2. The molecule has 0 aliphatic heterocycles. The summed E-state index contributed by atoms with van der Waals surface area (Å²) in [6.07, 6.45) is 3.32. The molecule has 4 N–H and O–H groups in total. The van der Waals surface area contributed by atoms with Gasteiger partial charge in [0.1, 0.15) is 0 Å². The first-order valence-corrected chi connectivity index (χ1v) is 7.68. The van der Waals surface area contributed by atoms with Crippen LogP contribution in [-0.4, -0.2) is 24.6 Å². The maximum absolute atomic E-state index is 11.5. The Morgan fingerprint density at radius 1 is 1.12 bits per heavy atom. The minimum absolute atomic E-state index is 0.290. The van der Waals surface area contributed by atoms with Crippen LogP contribution >= 0.6 is 15.2 Å². The molecule has 0 saturated carbocycles. The standard InChI is InChI=1S/C8H9NO6P2/c10-16(11,12)8(17(13,14)15)4-3-6-2-1-5-9-7(6)8/h1-5H,(H2,10,11,12)(H2,13,14,15). The zero-order valence-electron chi connectivity index (χ0n) is 8.33. The Hall–Kier alpha value is -0.810. The summed E-state index contributed by atoms with van der Waals surface area (Å²) in [4.78, 5) is 38.2. The van der Waals surface area contributed by atoms with Gasteiger partial charge in [0.2, 0.25) is 4.90 Å². The van der Waals surface area contributed by atoms with Crippen LogP contribution in [0.1, 0.15) is 11.3 Å². The minimum Gasteiger partial charge on any atom is -0.323 e. The summed E-state index contributed by atoms with van der Waals surface area (Å²) in [5, 5.41) is 0. The summed E-state index contributed by atoms with van der Waals surface area (Å²) in [5.41, 5.74) is 0.000756. The van der Waals surface area contributed by atoms with Gasteiger partial charge in [-0.25, -0.2) is 0 Å². The van der Waals surface area contributed by atoms with Crippen molar-refractivity contribution < 1.29 is 28.7 Å². The van der Waals surface area contributed by atoms with Crippen molar-refractivity contribution in [3.05, 3.63) is 35.7 Å². The SMILES string of the molecule is O=P(O)(O)C1(P(=O)(O)O)C=Cc2cccnc21. The number of rotatable bonds is 2. The van der Waals surface area contributed by atoms with Crippen molar-refractivity contribution in [2.24, 2.45) is 0 Å². The van der Waals surface area contributed by atoms with Gasteiger partial charge < -0.3 is 19.6 Å². The molecule has 0 bridgehead atoms. The molecule has 1 aliphatic carbocycles. The average molecular weight is 277 g/mol. The number of nitrogens with zero attached hydrogens (tertiary/aromatic N) is 1. The van der Waals surface area contributed by atoms with E-state index in [2.05, 4.69) is 4.98 Å². The largest absolute Gasteiger partial charge is 0.353 e. The fourth-order valence-electron chi connectivity index (χ4n) is 1.78. The van der Waals surface area contributed by atoms with Crippen molar-refractivity contribution in [2.75, 3.05) is 0 Å². The van der Waals surface area contributed by atoms with E-state index in [1.165, 1.54) is 24.4 Å². The molecule has 1 aromatic rings. The molecule has 1 aliphatic rings. The maximum atomic E-state index is 11.5. The van der Waals surface area contributed by atoms with Crippen LogP contribution in [0.15, 0.2) is 24.4 Å². The van der Waals surface area contributed by atoms with E-state index >= 15 is 0 Å². The number of allylic oxidation sites excluding steroid dienone is 1. The van der Waals surface area contributed by atoms with Crippen LogP contribution in [0.2, 0.25) is 0 Å². The second-order valence-corrected chi connectivity index (χ2v) is 7.53. The molecular weight excluding hydrogens is 268 g/mol. The predicted molar refractivity (Wildman–Crippen MR) is 59.0 cm³/mol. The molecule has 1 heterocycles. The van der Waals surface area contributed by atoms with Crippen LogP contribution in [0.3, 0.4) is 0 Å². The van der Waals surface area contributed by atoms with Gasteiger partial charge >= 0.3 is 15.2 Å². The van der Waals surface area contributed by atoms with Crippen molar-refractivity contribution >= 4 is 21.3 Å². The van der Waals surface area contributed by atoms with Crippen LogP contribution in [0, 0.1) is 0 Å². The Labute approximate surface area is 96.2 Å². The highest BCUT2D eigenvalue weighted by atomic mass is 31.2. The van der Waals surface area contributed by atoms with Crippen molar-refractivity contribution in [1.29, 1.82) is 0 Å². The Bertz CT molecular complexity index is 563. The van der Waals surface area contributed by atoms with Gasteiger partial charge in [0.25, 0.3) is 0 Å². The van der Waals surface area contributed by atoms with Crippen molar-refractivity contribution in [2.45, 2.75) is 4.90 Å². The molecule has 92 valence electrons. The molecule has 0 radical (unpaired) electrons. The molecule has 1 aromatic heterocycles. The summed E-state index contributed by atoms with van der Waals surface area (Å²) >= 11 is 0. The molecule has 0 spiro atoms. The van der Waals surface area contributed by atoms with Gasteiger partial charge in [-0.3, -0.25) is 14.1 Å². The van der Waals surface area contributed by atoms with Crippen molar-refractivity contribution in [3.8, 4) is 0 Å². The Morgan fingerprint density at radius 2 is 1.71 bits per heavy atom. The fourth-order valence-corrected chi connectivity index (χ4v) is 4.60. The molecule has 0 fully saturated rings. The Kier molecular flexibility index (Phi) is 2.67. The third-order valence-corrected chi connectivity index (χ3v) is 6.63. The number of hydrogen-bond acceptors (Lipinski definition) is 3. The summed E-state index contributed by atoms with van der Waals surface area (Å²) in [7, 11) is -10.2. The smallest absolute Gasteiger partial charge is 0.323 e. The van der Waals surface area contributed by atoms with E-state index in [1.54, 1.807) is 0 Å². The van der Waals surface area contributed by atoms with Gasteiger partial charge in [-0.2, -0.15) is 0 Å². The summed E-state index contributed by atoms with van der Waals surface area (Å²) in [5.74, 6) is 0. The van der Waals surface area contributed by atoms with E-state index < -0.39 is 20.1 Å². The number of hydrogen-bond donors (Lipinski definition) is 4. The highest BCUT2D eigenvalue weighted by Gasteiger charge is 2.63. The van der Waals surface area contributed by atoms with E-state index in [-0.39, 0.29) is 5.69 Å². The van der Waals surface area contributed by atoms with E-state index in [0.717, 1.165) is 6.08 Å². The first-order valence-electron chi connectivity index (χ1n) is 4.46. The van der Waals surface area contributed by atoms with Crippen molar-refractivity contribution in [3.63, 3.8) is 0 Å². The van der Waals surface area contributed by atoms with Crippen LogP contribution in [0.4, 0.5) is 0 Å². The molecule has 0 amide bonds. The monoisotopic (exact) mass is 277 g/mol. The molecule has 0 saturated heterocycles. The molecule has 2 rings (SSSR count). The predicted octanol–water partition coefficient (Wildman–Crippen LogP) is 0.617.